The maximum Gasteiger partial charge on any atom is 0.269 e. The fraction of sp³-hybridized carbons (Fsp3) is 0.235. The Morgan fingerprint density at radius 3 is 2.65 bits per heavy atom. The van der Waals surface area contributed by atoms with Crippen molar-refractivity contribution in [1.82, 2.24) is 15.6 Å². The Bertz CT molecular complexity index is 683. The highest BCUT2D eigenvalue weighted by atomic mass is 16.2. The van der Waals surface area contributed by atoms with Crippen LogP contribution in [0.15, 0.2) is 42.6 Å². The van der Waals surface area contributed by atoms with Gasteiger partial charge in [0.1, 0.15) is 5.69 Å². The largest absolute Gasteiger partial charge is 0.355 e. The molecule has 0 aliphatic rings. The van der Waals surface area contributed by atoms with E-state index in [4.69, 9.17) is 5.73 Å². The van der Waals surface area contributed by atoms with Crippen molar-refractivity contribution >= 4 is 11.8 Å². The Morgan fingerprint density at radius 2 is 2.00 bits per heavy atom. The third kappa shape index (κ3) is 4.62. The zero-order valence-electron chi connectivity index (χ0n) is 13.0. The van der Waals surface area contributed by atoms with Gasteiger partial charge in [-0.05, 0) is 17.2 Å². The van der Waals surface area contributed by atoms with Crippen LogP contribution in [-0.4, -0.2) is 36.9 Å². The molecular weight excluding hydrogens is 292 g/mol. The monoisotopic (exact) mass is 312 g/mol. The molecule has 2 rings (SSSR count). The van der Waals surface area contributed by atoms with Crippen molar-refractivity contribution in [2.24, 2.45) is 5.73 Å². The maximum absolute atomic E-state index is 11.7. The van der Waals surface area contributed by atoms with E-state index >= 15 is 0 Å². The minimum Gasteiger partial charge on any atom is -0.355 e. The molecule has 1 aromatic heterocycles. The fourth-order valence-electron chi connectivity index (χ4n) is 2.15. The van der Waals surface area contributed by atoms with Crippen LogP contribution in [0.5, 0.6) is 0 Å². The van der Waals surface area contributed by atoms with Gasteiger partial charge in [0.15, 0.2) is 0 Å². The lowest BCUT2D eigenvalue weighted by molar-refractivity contribution is -0.120. The summed E-state index contributed by atoms with van der Waals surface area (Å²) in [7, 11) is 1.57. The first-order valence-electron chi connectivity index (χ1n) is 7.38. The summed E-state index contributed by atoms with van der Waals surface area (Å²) >= 11 is 0. The van der Waals surface area contributed by atoms with Crippen molar-refractivity contribution in [3.63, 3.8) is 0 Å². The van der Waals surface area contributed by atoms with Crippen LogP contribution >= 0.6 is 0 Å². The Hall–Kier alpha value is -2.73. The Balaban J connectivity index is 2.13. The zero-order chi connectivity index (χ0) is 16.7. The topological polar surface area (TPSA) is 97.1 Å². The maximum atomic E-state index is 11.7. The predicted molar refractivity (Wildman–Crippen MR) is 88.8 cm³/mol. The number of nitrogens with zero attached hydrogens (tertiary/aromatic N) is 1. The average molecular weight is 312 g/mol. The summed E-state index contributed by atoms with van der Waals surface area (Å²) in [4.78, 5) is 27.4. The van der Waals surface area contributed by atoms with E-state index in [0.29, 0.717) is 25.2 Å². The second-order valence-corrected chi connectivity index (χ2v) is 5.03. The quantitative estimate of drug-likeness (QED) is 0.732. The highest BCUT2D eigenvalue weighted by Crippen LogP contribution is 2.20. The van der Waals surface area contributed by atoms with E-state index < -0.39 is 0 Å². The summed E-state index contributed by atoms with van der Waals surface area (Å²) < 4.78 is 0. The first-order valence-corrected chi connectivity index (χ1v) is 7.38. The lowest BCUT2D eigenvalue weighted by atomic mass is 10.0. The van der Waals surface area contributed by atoms with Crippen molar-refractivity contribution in [2.75, 3.05) is 20.1 Å². The summed E-state index contributed by atoms with van der Waals surface area (Å²) in [6.45, 7) is 0.901. The van der Waals surface area contributed by atoms with E-state index in [-0.39, 0.29) is 11.8 Å². The van der Waals surface area contributed by atoms with E-state index in [1.165, 1.54) is 0 Å². The molecule has 0 radical (unpaired) electrons. The molecule has 0 spiro atoms. The Morgan fingerprint density at radius 1 is 1.17 bits per heavy atom. The first kappa shape index (κ1) is 16.6. The third-order valence-electron chi connectivity index (χ3n) is 3.31. The van der Waals surface area contributed by atoms with Gasteiger partial charge >= 0.3 is 0 Å². The van der Waals surface area contributed by atoms with Crippen molar-refractivity contribution in [1.29, 1.82) is 0 Å². The number of rotatable bonds is 6. The minimum atomic E-state index is -0.220. The third-order valence-corrected chi connectivity index (χ3v) is 3.31. The highest BCUT2D eigenvalue weighted by Gasteiger charge is 2.07. The number of aromatic nitrogens is 1. The SMILES string of the molecule is CNC(=O)c1ccc(-c2cccc(CC(=O)NCCN)c2)cn1. The molecule has 2 aromatic rings. The molecule has 0 saturated heterocycles. The van der Waals surface area contributed by atoms with Gasteiger partial charge in [-0.2, -0.15) is 0 Å². The number of hydrogen-bond donors (Lipinski definition) is 3. The molecule has 0 bridgehead atoms. The Labute approximate surface area is 135 Å². The van der Waals surface area contributed by atoms with E-state index in [2.05, 4.69) is 15.6 Å². The van der Waals surface area contributed by atoms with Gasteiger partial charge in [-0.3, -0.25) is 14.6 Å². The molecule has 1 heterocycles. The van der Waals surface area contributed by atoms with Crippen LogP contribution in [0.25, 0.3) is 11.1 Å². The van der Waals surface area contributed by atoms with Gasteiger partial charge in [-0.25, -0.2) is 0 Å². The summed E-state index contributed by atoms with van der Waals surface area (Å²) in [6, 6.07) is 11.2. The second-order valence-electron chi connectivity index (χ2n) is 5.03. The normalized spacial score (nSPS) is 10.2. The van der Waals surface area contributed by atoms with Gasteiger partial charge in [0.05, 0.1) is 6.42 Å². The van der Waals surface area contributed by atoms with Gasteiger partial charge in [-0.15, -0.1) is 0 Å². The van der Waals surface area contributed by atoms with Gasteiger partial charge in [0.25, 0.3) is 5.91 Å². The summed E-state index contributed by atoms with van der Waals surface area (Å²) in [5, 5.41) is 5.28. The number of pyridine rings is 1. The van der Waals surface area contributed by atoms with E-state index in [1.807, 2.05) is 30.3 Å². The van der Waals surface area contributed by atoms with Crippen molar-refractivity contribution in [3.8, 4) is 11.1 Å². The van der Waals surface area contributed by atoms with Gasteiger partial charge in [0.2, 0.25) is 5.91 Å². The van der Waals surface area contributed by atoms with Crippen molar-refractivity contribution in [3.05, 3.63) is 53.9 Å². The number of hydrogen-bond acceptors (Lipinski definition) is 4. The standard InChI is InChI=1S/C17H20N4O2/c1-19-17(23)15-6-5-14(11-21-15)13-4-2-3-12(9-13)10-16(22)20-8-7-18/h2-6,9,11H,7-8,10,18H2,1H3,(H,19,23)(H,20,22). The lowest BCUT2D eigenvalue weighted by Crippen LogP contribution is -2.30. The molecule has 0 aliphatic heterocycles. The fourth-order valence-corrected chi connectivity index (χ4v) is 2.15. The molecule has 0 aliphatic carbocycles. The van der Waals surface area contributed by atoms with E-state index in [9.17, 15) is 9.59 Å². The van der Waals surface area contributed by atoms with E-state index in [0.717, 1.165) is 16.7 Å². The molecular formula is C17H20N4O2. The number of carbonyl (C=O) groups is 2. The average Bonchev–Trinajstić information content (AvgIpc) is 2.59. The first-order chi connectivity index (χ1) is 11.1. The van der Waals surface area contributed by atoms with Crippen molar-refractivity contribution in [2.45, 2.75) is 6.42 Å². The number of benzene rings is 1. The van der Waals surface area contributed by atoms with Crippen LogP contribution in [0, 0.1) is 0 Å². The number of nitrogens with two attached hydrogens (primary N) is 1. The molecule has 23 heavy (non-hydrogen) atoms. The number of nitrogens with one attached hydrogen (secondary N) is 2. The molecule has 1 aromatic carbocycles. The van der Waals surface area contributed by atoms with Crippen molar-refractivity contribution < 1.29 is 9.59 Å². The number of amides is 2. The highest BCUT2D eigenvalue weighted by molar-refractivity contribution is 5.92. The van der Waals surface area contributed by atoms with Gasteiger partial charge in [0, 0.05) is 31.9 Å². The van der Waals surface area contributed by atoms with Crippen LogP contribution in [0.1, 0.15) is 16.1 Å². The lowest BCUT2D eigenvalue weighted by Gasteiger charge is -2.07. The van der Waals surface area contributed by atoms with Crippen LogP contribution < -0.4 is 16.4 Å². The van der Waals surface area contributed by atoms with Crippen LogP contribution in [-0.2, 0) is 11.2 Å². The summed E-state index contributed by atoms with van der Waals surface area (Å²) in [6.07, 6.45) is 1.95. The number of carbonyl (C=O) groups excluding carboxylic acids is 2. The molecule has 0 unspecified atom stereocenters. The predicted octanol–water partition coefficient (Wildman–Crippen LogP) is 0.726. The van der Waals surface area contributed by atoms with E-state index in [1.54, 1.807) is 19.3 Å². The van der Waals surface area contributed by atoms with Crippen LogP contribution in [0.4, 0.5) is 0 Å². The molecule has 6 nitrogen and oxygen atoms in total. The summed E-state index contributed by atoms with van der Waals surface area (Å²) in [5.74, 6) is -0.275. The smallest absolute Gasteiger partial charge is 0.269 e. The molecule has 4 N–H and O–H groups in total. The molecule has 6 heteroatoms. The van der Waals surface area contributed by atoms with Crippen LogP contribution in [0.2, 0.25) is 0 Å². The second kappa shape index (κ2) is 8.05. The molecule has 0 fully saturated rings. The minimum absolute atomic E-state index is 0.0549. The van der Waals surface area contributed by atoms with Gasteiger partial charge in [-0.1, -0.05) is 30.3 Å². The Kier molecular flexibility index (Phi) is 5.82. The molecule has 120 valence electrons. The van der Waals surface area contributed by atoms with Crippen LogP contribution in [0.3, 0.4) is 0 Å². The molecule has 0 saturated carbocycles. The summed E-state index contributed by atoms with van der Waals surface area (Å²) in [5.41, 5.74) is 8.48. The van der Waals surface area contributed by atoms with Gasteiger partial charge < -0.3 is 16.4 Å². The zero-order valence-corrected chi connectivity index (χ0v) is 13.0. The molecule has 2 amide bonds. The molecule has 0 atom stereocenters.